The fourth-order valence-electron chi connectivity index (χ4n) is 1.83. The number of nitrogens with zero attached hydrogens (tertiary/aromatic N) is 2. The minimum absolute atomic E-state index is 0.190. The second-order valence-electron chi connectivity index (χ2n) is 4.23. The lowest BCUT2D eigenvalue weighted by Gasteiger charge is -2.18. The Morgan fingerprint density at radius 2 is 2.30 bits per heavy atom. The minimum atomic E-state index is -0.482. The monoisotopic (exact) mass is 311 g/mol. The Bertz CT molecular complexity index is 630. The van der Waals surface area contributed by atoms with E-state index in [1.807, 2.05) is 36.2 Å². The van der Waals surface area contributed by atoms with Gasteiger partial charge in [0.1, 0.15) is 10.6 Å². The molecule has 0 radical (unpaired) electrons. The summed E-state index contributed by atoms with van der Waals surface area (Å²) in [7, 11) is 3.18. The van der Waals surface area contributed by atoms with Gasteiger partial charge in [0, 0.05) is 18.6 Å². The number of nitrogen functional groups attached to an aromatic ring is 1. The number of esters is 1. The maximum Gasteiger partial charge on any atom is 0.344 e. The lowest BCUT2D eigenvalue weighted by atomic mass is 10.2. The minimum Gasteiger partial charge on any atom is -0.465 e. The van der Waals surface area contributed by atoms with Gasteiger partial charge in [-0.2, -0.15) is 4.37 Å². The first-order chi connectivity index (χ1) is 9.52. The topological polar surface area (TPSA) is 68.5 Å². The second kappa shape index (κ2) is 6.11. The van der Waals surface area contributed by atoms with Gasteiger partial charge in [-0.25, -0.2) is 4.79 Å². The molecule has 0 unspecified atom stereocenters. The highest BCUT2D eigenvalue weighted by molar-refractivity contribution is 7.11. The zero-order chi connectivity index (χ0) is 14.7. The van der Waals surface area contributed by atoms with Crippen LogP contribution in [0.15, 0.2) is 24.3 Å². The van der Waals surface area contributed by atoms with Crippen molar-refractivity contribution in [3.63, 3.8) is 0 Å². The Morgan fingerprint density at radius 3 is 2.95 bits per heavy atom. The molecule has 0 fully saturated rings. The van der Waals surface area contributed by atoms with Gasteiger partial charge in [0.2, 0.25) is 0 Å². The number of benzene rings is 1. The average Bonchev–Trinajstić information content (AvgIpc) is 2.80. The molecule has 20 heavy (non-hydrogen) atoms. The SMILES string of the molecule is COC(=O)c1c(N)nsc1N(C)Cc1cccc(Cl)c1. The predicted molar refractivity (Wildman–Crippen MR) is 81.4 cm³/mol. The Morgan fingerprint density at radius 1 is 1.55 bits per heavy atom. The van der Waals surface area contributed by atoms with Gasteiger partial charge in [-0.3, -0.25) is 0 Å². The van der Waals surface area contributed by atoms with Crippen LogP contribution >= 0.6 is 23.1 Å². The summed E-state index contributed by atoms with van der Waals surface area (Å²) >= 11 is 7.13. The van der Waals surface area contributed by atoms with E-state index in [4.69, 9.17) is 22.1 Å². The van der Waals surface area contributed by atoms with Gasteiger partial charge >= 0.3 is 5.97 Å². The molecule has 0 aliphatic rings. The van der Waals surface area contributed by atoms with Crippen LogP contribution < -0.4 is 10.6 Å². The number of carbonyl (C=O) groups excluding carboxylic acids is 1. The summed E-state index contributed by atoms with van der Waals surface area (Å²) in [5, 5.41) is 1.35. The van der Waals surface area contributed by atoms with Crippen LogP contribution in [0, 0.1) is 0 Å². The Labute approximate surface area is 126 Å². The van der Waals surface area contributed by atoms with Crippen molar-refractivity contribution in [1.29, 1.82) is 0 Å². The van der Waals surface area contributed by atoms with E-state index in [1.54, 1.807) is 0 Å². The second-order valence-corrected chi connectivity index (χ2v) is 5.41. The van der Waals surface area contributed by atoms with Gasteiger partial charge < -0.3 is 15.4 Å². The number of methoxy groups -OCH3 is 1. The van der Waals surface area contributed by atoms with E-state index >= 15 is 0 Å². The molecule has 2 aromatic rings. The van der Waals surface area contributed by atoms with E-state index in [-0.39, 0.29) is 5.82 Å². The zero-order valence-corrected chi connectivity index (χ0v) is 12.7. The number of halogens is 1. The molecule has 0 amide bonds. The van der Waals surface area contributed by atoms with Gasteiger partial charge in [0.25, 0.3) is 0 Å². The van der Waals surface area contributed by atoms with E-state index < -0.39 is 5.97 Å². The van der Waals surface area contributed by atoms with Gasteiger partial charge in [-0.1, -0.05) is 23.7 Å². The third-order valence-corrected chi connectivity index (χ3v) is 3.96. The highest BCUT2D eigenvalue weighted by Crippen LogP contribution is 2.31. The highest BCUT2D eigenvalue weighted by atomic mass is 35.5. The zero-order valence-electron chi connectivity index (χ0n) is 11.1. The molecule has 5 nitrogen and oxygen atoms in total. The lowest BCUT2D eigenvalue weighted by molar-refractivity contribution is 0.0603. The molecular formula is C13H14ClN3O2S. The molecule has 1 aromatic heterocycles. The summed E-state index contributed by atoms with van der Waals surface area (Å²) in [6.45, 7) is 0.589. The first-order valence-electron chi connectivity index (χ1n) is 5.82. The third kappa shape index (κ3) is 3.02. The Balaban J connectivity index is 2.26. The van der Waals surface area contributed by atoms with E-state index in [9.17, 15) is 4.79 Å². The summed E-state index contributed by atoms with van der Waals surface area (Å²) in [4.78, 5) is 13.6. The number of hydrogen-bond acceptors (Lipinski definition) is 6. The van der Waals surface area contributed by atoms with Crippen LogP contribution in [0.1, 0.15) is 15.9 Å². The van der Waals surface area contributed by atoms with Crippen molar-refractivity contribution in [2.45, 2.75) is 6.54 Å². The number of aromatic nitrogens is 1. The first-order valence-corrected chi connectivity index (χ1v) is 6.97. The van der Waals surface area contributed by atoms with Crippen molar-refractivity contribution >= 4 is 39.9 Å². The quantitative estimate of drug-likeness (QED) is 0.879. The van der Waals surface area contributed by atoms with Crippen molar-refractivity contribution in [2.24, 2.45) is 0 Å². The van der Waals surface area contributed by atoms with Crippen LogP contribution in [0.2, 0.25) is 5.02 Å². The van der Waals surface area contributed by atoms with Crippen molar-refractivity contribution in [3.05, 3.63) is 40.4 Å². The molecule has 1 aromatic carbocycles. The normalized spacial score (nSPS) is 10.3. The predicted octanol–water partition coefficient (Wildman–Crippen LogP) is 2.80. The van der Waals surface area contributed by atoms with E-state index in [0.717, 1.165) is 5.56 Å². The summed E-state index contributed by atoms with van der Waals surface area (Å²) in [6.07, 6.45) is 0. The molecule has 7 heteroatoms. The van der Waals surface area contributed by atoms with Crippen molar-refractivity contribution in [1.82, 2.24) is 4.37 Å². The highest BCUT2D eigenvalue weighted by Gasteiger charge is 2.22. The van der Waals surface area contributed by atoms with Gasteiger partial charge in [0.15, 0.2) is 5.82 Å². The number of rotatable bonds is 4. The molecular weight excluding hydrogens is 298 g/mol. The van der Waals surface area contributed by atoms with Crippen LogP contribution in [-0.2, 0) is 11.3 Å². The molecule has 0 aliphatic heterocycles. The van der Waals surface area contributed by atoms with Crippen LogP contribution in [0.3, 0.4) is 0 Å². The average molecular weight is 312 g/mol. The standard InChI is InChI=1S/C13H14ClN3O2S/c1-17(7-8-4-3-5-9(14)6-8)12-10(13(18)19-2)11(15)16-20-12/h3-6H,7H2,1-2H3,(H2,15,16). The van der Waals surface area contributed by atoms with Crippen molar-refractivity contribution < 1.29 is 9.53 Å². The Kier molecular flexibility index (Phi) is 4.46. The Hall–Kier alpha value is -1.79. The molecule has 0 bridgehead atoms. The molecule has 0 saturated carbocycles. The molecule has 0 spiro atoms. The number of anilines is 2. The smallest absolute Gasteiger partial charge is 0.344 e. The molecule has 0 saturated heterocycles. The number of nitrogens with two attached hydrogens (primary N) is 1. The fourth-order valence-corrected chi connectivity index (χ4v) is 2.80. The van der Waals surface area contributed by atoms with Crippen molar-refractivity contribution in [2.75, 3.05) is 24.8 Å². The summed E-state index contributed by atoms with van der Waals surface area (Å²) in [5.74, 6) is -0.293. The van der Waals surface area contributed by atoms with Crippen LogP contribution in [0.5, 0.6) is 0 Å². The number of ether oxygens (including phenoxy) is 1. The lowest BCUT2D eigenvalue weighted by Crippen LogP contribution is -2.18. The van der Waals surface area contributed by atoms with Crippen molar-refractivity contribution in [3.8, 4) is 0 Å². The van der Waals surface area contributed by atoms with Crippen LogP contribution in [0.25, 0.3) is 0 Å². The van der Waals surface area contributed by atoms with Crippen LogP contribution in [-0.4, -0.2) is 24.5 Å². The van der Waals surface area contributed by atoms with E-state index in [2.05, 4.69) is 4.37 Å². The molecule has 2 rings (SSSR count). The number of carbonyl (C=O) groups is 1. The first kappa shape index (κ1) is 14.6. The largest absolute Gasteiger partial charge is 0.465 e. The van der Waals surface area contributed by atoms with E-state index in [1.165, 1.54) is 18.6 Å². The summed E-state index contributed by atoms with van der Waals surface area (Å²) in [6, 6.07) is 7.54. The molecule has 106 valence electrons. The molecule has 2 N–H and O–H groups in total. The maximum absolute atomic E-state index is 11.7. The van der Waals surface area contributed by atoms with E-state index in [0.29, 0.717) is 22.1 Å². The van der Waals surface area contributed by atoms with Crippen LogP contribution in [0.4, 0.5) is 10.8 Å². The fraction of sp³-hybridized carbons (Fsp3) is 0.231. The summed E-state index contributed by atoms with van der Waals surface area (Å²) < 4.78 is 8.75. The number of hydrogen-bond donors (Lipinski definition) is 1. The van der Waals surface area contributed by atoms with Gasteiger partial charge in [-0.05, 0) is 29.2 Å². The third-order valence-electron chi connectivity index (χ3n) is 2.75. The molecule has 0 atom stereocenters. The summed E-state index contributed by atoms with van der Waals surface area (Å²) in [5.41, 5.74) is 7.06. The van der Waals surface area contributed by atoms with Gasteiger partial charge in [-0.15, -0.1) is 0 Å². The maximum atomic E-state index is 11.7. The molecule has 1 heterocycles. The molecule has 0 aliphatic carbocycles. The van der Waals surface area contributed by atoms with Gasteiger partial charge in [0.05, 0.1) is 7.11 Å².